The normalized spacial score (nSPS) is 12.5. The summed E-state index contributed by atoms with van der Waals surface area (Å²) in [5.41, 5.74) is 2.33. The van der Waals surface area contributed by atoms with E-state index >= 15 is 0 Å². The second-order valence-corrected chi connectivity index (χ2v) is 5.88. The van der Waals surface area contributed by atoms with Crippen LogP contribution in [0.1, 0.15) is 30.0 Å². The van der Waals surface area contributed by atoms with E-state index in [4.69, 9.17) is 4.52 Å². The maximum atomic E-state index is 13.7. The van der Waals surface area contributed by atoms with Crippen LogP contribution in [0, 0.1) is 19.7 Å². The highest BCUT2D eigenvalue weighted by Gasteiger charge is 2.15. The van der Waals surface area contributed by atoms with Crippen LogP contribution in [0.5, 0.6) is 0 Å². The van der Waals surface area contributed by atoms with Crippen molar-refractivity contribution in [2.75, 3.05) is 6.54 Å². The summed E-state index contributed by atoms with van der Waals surface area (Å²) in [5.74, 6) is 0.586. The first-order chi connectivity index (χ1) is 11.5. The van der Waals surface area contributed by atoms with Crippen molar-refractivity contribution in [1.29, 1.82) is 0 Å². The van der Waals surface area contributed by atoms with E-state index in [0.29, 0.717) is 22.8 Å². The Morgan fingerprint density at radius 1 is 1.33 bits per heavy atom. The average molecular weight is 329 g/mol. The lowest BCUT2D eigenvalue weighted by Crippen LogP contribution is -2.23. The summed E-state index contributed by atoms with van der Waals surface area (Å²) in [5, 5.41) is 11.5. The van der Waals surface area contributed by atoms with Gasteiger partial charge in [-0.05, 0) is 38.0 Å². The van der Waals surface area contributed by atoms with Gasteiger partial charge in [0.15, 0.2) is 0 Å². The second kappa shape index (κ2) is 6.92. The number of aryl methyl sites for hydroxylation is 2. The molecule has 24 heavy (non-hydrogen) atoms. The number of rotatable bonds is 6. The minimum atomic E-state index is -0.278. The molecule has 7 heteroatoms. The Morgan fingerprint density at radius 2 is 2.17 bits per heavy atom. The molecule has 1 N–H and O–H groups in total. The van der Waals surface area contributed by atoms with Gasteiger partial charge < -0.3 is 9.84 Å². The van der Waals surface area contributed by atoms with Crippen LogP contribution in [-0.4, -0.2) is 26.5 Å². The van der Waals surface area contributed by atoms with Crippen molar-refractivity contribution in [3.8, 4) is 11.4 Å². The molecule has 3 aromatic rings. The van der Waals surface area contributed by atoms with Crippen LogP contribution in [0.15, 0.2) is 35.1 Å². The third kappa shape index (κ3) is 3.68. The van der Waals surface area contributed by atoms with Gasteiger partial charge in [-0.25, -0.2) is 4.39 Å². The third-order valence-corrected chi connectivity index (χ3v) is 3.80. The molecule has 0 saturated carbocycles. The maximum absolute atomic E-state index is 13.7. The van der Waals surface area contributed by atoms with Crippen LogP contribution in [0.25, 0.3) is 11.4 Å². The first-order valence-electron chi connectivity index (χ1n) is 7.85. The molecule has 0 aliphatic rings. The van der Waals surface area contributed by atoms with Gasteiger partial charge in [-0.2, -0.15) is 10.1 Å². The Labute approximate surface area is 139 Å². The van der Waals surface area contributed by atoms with Crippen molar-refractivity contribution in [2.45, 2.75) is 33.4 Å². The first kappa shape index (κ1) is 16.3. The summed E-state index contributed by atoms with van der Waals surface area (Å²) in [6, 6.07) is 4.81. The van der Waals surface area contributed by atoms with Gasteiger partial charge in [0.25, 0.3) is 0 Å². The molecule has 1 atom stereocenters. The molecule has 1 unspecified atom stereocenters. The molecular formula is C17H20FN5O. The quantitative estimate of drug-likeness (QED) is 0.753. The van der Waals surface area contributed by atoms with Gasteiger partial charge in [-0.1, -0.05) is 17.3 Å². The monoisotopic (exact) mass is 329 g/mol. The van der Waals surface area contributed by atoms with Crippen molar-refractivity contribution in [3.63, 3.8) is 0 Å². The van der Waals surface area contributed by atoms with Gasteiger partial charge >= 0.3 is 0 Å². The lowest BCUT2D eigenvalue weighted by molar-refractivity contribution is 0.336. The fraction of sp³-hybridized carbons (Fsp3) is 0.353. The smallest absolute Gasteiger partial charge is 0.243 e. The predicted molar refractivity (Wildman–Crippen MR) is 87.8 cm³/mol. The summed E-state index contributed by atoms with van der Waals surface area (Å²) in [6.45, 7) is 7.14. The number of hydrogen-bond donors (Lipinski definition) is 1. The van der Waals surface area contributed by atoms with E-state index in [-0.39, 0.29) is 11.9 Å². The van der Waals surface area contributed by atoms with Crippen LogP contribution in [0.2, 0.25) is 0 Å². The molecule has 0 aliphatic carbocycles. The van der Waals surface area contributed by atoms with Crippen LogP contribution < -0.4 is 5.32 Å². The van der Waals surface area contributed by atoms with Crippen molar-refractivity contribution in [3.05, 3.63) is 53.4 Å². The molecule has 0 fully saturated rings. The molecule has 6 nitrogen and oxygen atoms in total. The van der Waals surface area contributed by atoms with E-state index in [1.807, 2.05) is 30.9 Å². The molecule has 1 aromatic carbocycles. The second-order valence-electron chi connectivity index (χ2n) is 5.88. The predicted octanol–water partition coefficient (Wildman–Crippen LogP) is 3.04. The highest BCUT2D eigenvalue weighted by Crippen LogP contribution is 2.20. The Kier molecular flexibility index (Phi) is 4.71. The van der Waals surface area contributed by atoms with E-state index in [0.717, 1.165) is 18.7 Å². The van der Waals surface area contributed by atoms with Gasteiger partial charge in [-0.15, -0.1) is 0 Å². The van der Waals surface area contributed by atoms with E-state index in [9.17, 15) is 4.39 Å². The lowest BCUT2D eigenvalue weighted by Gasteiger charge is -2.09. The molecule has 0 amide bonds. The molecule has 2 heterocycles. The summed E-state index contributed by atoms with van der Waals surface area (Å²) in [7, 11) is 0. The van der Waals surface area contributed by atoms with Crippen molar-refractivity contribution < 1.29 is 8.91 Å². The van der Waals surface area contributed by atoms with Crippen LogP contribution in [-0.2, 0) is 6.54 Å². The number of benzene rings is 1. The topological polar surface area (TPSA) is 68.8 Å². The molecule has 126 valence electrons. The largest absolute Gasteiger partial charge is 0.337 e. The zero-order chi connectivity index (χ0) is 17.1. The Balaban J connectivity index is 1.60. The van der Waals surface area contributed by atoms with Crippen molar-refractivity contribution in [2.24, 2.45) is 0 Å². The van der Waals surface area contributed by atoms with E-state index < -0.39 is 0 Å². The molecule has 0 radical (unpaired) electrons. The molecule has 0 aliphatic heterocycles. The fourth-order valence-electron chi connectivity index (χ4n) is 2.33. The van der Waals surface area contributed by atoms with Gasteiger partial charge in [0.1, 0.15) is 5.82 Å². The molecule has 3 rings (SSSR count). The number of nitrogens with zero attached hydrogens (tertiary/aromatic N) is 4. The minimum Gasteiger partial charge on any atom is -0.337 e. The molecule has 0 spiro atoms. The minimum absolute atomic E-state index is 0.0989. The highest BCUT2D eigenvalue weighted by atomic mass is 19.1. The number of aromatic nitrogens is 4. The SMILES string of the molecule is Cc1cnn(CCNC(C)c2nc(-c3ccc(C)c(F)c3)no2)c1. The summed E-state index contributed by atoms with van der Waals surface area (Å²) in [6.07, 6.45) is 3.82. The number of nitrogens with one attached hydrogen (secondary N) is 1. The number of halogens is 1. The molecular weight excluding hydrogens is 309 g/mol. The van der Waals surface area contributed by atoms with Gasteiger partial charge in [0, 0.05) is 18.3 Å². The lowest BCUT2D eigenvalue weighted by atomic mass is 10.1. The highest BCUT2D eigenvalue weighted by molar-refractivity contribution is 5.54. The zero-order valence-electron chi connectivity index (χ0n) is 14.0. The summed E-state index contributed by atoms with van der Waals surface area (Å²) in [4.78, 5) is 4.35. The van der Waals surface area contributed by atoms with Gasteiger partial charge in [0.2, 0.25) is 11.7 Å². The summed E-state index contributed by atoms with van der Waals surface area (Å²) < 4.78 is 20.8. The van der Waals surface area contributed by atoms with Crippen molar-refractivity contribution >= 4 is 0 Å². The zero-order valence-corrected chi connectivity index (χ0v) is 14.0. The van der Waals surface area contributed by atoms with Crippen LogP contribution in [0.3, 0.4) is 0 Å². The van der Waals surface area contributed by atoms with Crippen LogP contribution in [0.4, 0.5) is 4.39 Å². The molecule has 0 saturated heterocycles. The number of hydrogen-bond acceptors (Lipinski definition) is 5. The summed E-state index contributed by atoms with van der Waals surface area (Å²) >= 11 is 0. The third-order valence-electron chi connectivity index (χ3n) is 3.80. The molecule has 2 aromatic heterocycles. The molecule has 0 bridgehead atoms. The van der Waals surface area contributed by atoms with Gasteiger partial charge in [-0.3, -0.25) is 4.68 Å². The Hall–Kier alpha value is -2.54. The Morgan fingerprint density at radius 3 is 2.88 bits per heavy atom. The van der Waals surface area contributed by atoms with Gasteiger partial charge in [0.05, 0.1) is 18.8 Å². The Bertz CT molecular complexity index is 826. The standard InChI is InChI=1S/C17H20FN5O/c1-11-9-20-23(10-11)7-6-19-13(3)17-21-16(22-24-17)14-5-4-12(2)15(18)8-14/h4-5,8-10,13,19H,6-7H2,1-3H3. The van der Waals surface area contributed by atoms with E-state index in [1.165, 1.54) is 6.07 Å². The first-order valence-corrected chi connectivity index (χ1v) is 7.85. The maximum Gasteiger partial charge on any atom is 0.243 e. The average Bonchev–Trinajstić information content (AvgIpc) is 3.19. The van der Waals surface area contributed by atoms with E-state index in [2.05, 4.69) is 20.6 Å². The van der Waals surface area contributed by atoms with Crippen LogP contribution >= 0.6 is 0 Å². The van der Waals surface area contributed by atoms with E-state index in [1.54, 1.807) is 19.1 Å². The van der Waals surface area contributed by atoms with Crippen molar-refractivity contribution in [1.82, 2.24) is 25.2 Å². The fourth-order valence-corrected chi connectivity index (χ4v) is 2.33.